The lowest BCUT2D eigenvalue weighted by molar-refractivity contribution is 0.751. The minimum Gasteiger partial charge on any atom is -0.355 e. The molecule has 1 aliphatic heterocycles. The second kappa shape index (κ2) is 3.64. The summed E-state index contributed by atoms with van der Waals surface area (Å²) in [7, 11) is 0. The van der Waals surface area contributed by atoms with Gasteiger partial charge in [0.05, 0.1) is 11.6 Å². The maximum atomic E-state index is 8.74. The van der Waals surface area contributed by atoms with Gasteiger partial charge in [0.25, 0.3) is 0 Å². The minimum absolute atomic E-state index is 0.238. The zero-order chi connectivity index (χ0) is 9.97. The van der Waals surface area contributed by atoms with Crippen molar-refractivity contribution in [1.29, 1.82) is 5.26 Å². The molecule has 0 radical (unpaired) electrons. The van der Waals surface area contributed by atoms with E-state index in [1.54, 1.807) is 18.3 Å². The molecule has 1 unspecified atom stereocenters. The lowest BCUT2D eigenvalue weighted by Crippen LogP contribution is -2.26. The van der Waals surface area contributed by atoms with Gasteiger partial charge in [0.1, 0.15) is 5.82 Å². The smallest absolute Gasteiger partial charge is 0.129 e. The van der Waals surface area contributed by atoms with Crippen LogP contribution < -0.4 is 10.6 Å². The number of pyridine rings is 1. The summed E-state index contributed by atoms with van der Waals surface area (Å²) in [5.74, 6) is 0.858. The number of hydrogen-bond donors (Lipinski definition) is 1. The summed E-state index contributed by atoms with van der Waals surface area (Å²) < 4.78 is 0. The monoisotopic (exact) mass is 188 g/mol. The minimum atomic E-state index is 0.238. The first-order chi connectivity index (χ1) is 6.79. The van der Waals surface area contributed by atoms with Gasteiger partial charge in [-0.05, 0) is 18.6 Å². The van der Waals surface area contributed by atoms with Crippen LogP contribution in [0.2, 0.25) is 0 Å². The van der Waals surface area contributed by atoms with Crippen molar-refractivity contribution < 1.29 is 0 Å². The highest BCUT2D eigenvalue weighted by molar-refractivity contribution is 5.45. The van der Waals surface area contributed by atoms with Crippen LogP contribution in [0.15, 0.2) is 18.3 Å². The van der Waals surface area contributed by atoms with E-state index < -0.39 is 0 Å². The highest BCUT2D eigenvalue weighted by Crippen LogP contribution is 2.17. The van der Waals surface area contributed by atoms with Gasteiger partial charge < -0.3 is 10.6 Å². The highest BCUT2D eigenvalue weighted by atomic mass is 15.2. The number of hydrogen-bond acceptors (Lipinski definition) is 4. The Bertz CT molecular complexity index is 369. The van der Waals surface area contributed by atoms with Crippen LogP contribution in [0.1, 0.15) is 12.0 Å². The van der Waals surface area contributed by atoms with Gasteiger partial charge in [0.15, 0.2) is 0 Å². The molecule has 0 bridgehead atoms. The normalized spacial score (nSPS) is 20.9. The Morgan fingerprint density at radius 2 is 2.50 bits per heavy atom. The largest absolute Gasteiger partial charge is 0.355 e. The van der Waals surface area contributed by atoms with Crippen molar-refractivity contribution in [3.63, 3.8) is 0 Å². The van der Waals surface area contributed by atoms with Gasteiger partial charge in [-0.3, -0.25) is 0 Å². The van der Waals surface area contributed by atoms with Crippen LogP contribution in [-0.2, 0) is 0 Å². The van der Waals surface area contributed by atoms with Crippen LogP contribution in [0.4, 0.5) is 5.82 Å². The summed E-state index contributed by atoms with van der Waals surface area (Å²) in [6.45, 7) is 1.77. The maximum Gasteiger partial charge on any atom is 0.129 e. The van der Waals surface area contributed by atoms with Crippen LogP contribution in [-0.4, -0.2) is 24.1 Å². The molecule has 1 saturated heterocycles. The lowest BCUT2D eigenvalue weighted by Gasteiger charge is -2.16. The van der Waals surface area contributed by atoms with E-state index in [2.05, 4.69) is 16.0 Å². The topological polar surface area (TPSA) is 65.9 Å². The standard InChI is InChI=1S/C10H12N4/c11-6-8-1-3-13-10(5-8)14-4-2-9(12)7-14/h1,3,5,9H,2,4,7,12H2. The van der Waals surface area contributed by atoms with Crippen LogP contribution in [0, 0.1) is 11.3 Å². The molecule has 0 spiro atoms. The zero-order valence-corrected chi connectivity index (χ0v) is 7.85. The molecule has 0 saturated carbocycles. The Morgan fingerprint density at radius 1 is 1.64 bits per heavy atom. The molecule has 0 amide bonds. The highest BCUT2D eigenvalue weighted by Gasteiger charge is 2.20. The van der Waals surface area contributed by atoms with Gasteiger partial charge >= 0.3 is 0 Å². The van der Waals surface area contributed by atoms with Crippen LogP contribution in [0.5, 0.6) is 0 Å². The van der Waals surface area contributed by atoms with Crippen LogP contribution in [0.3, 0.4) is 0 Å². The van der Waals surface area contributed by atoms with Crippen molar-refractivity contribution in [2.75, 3.05) is 18.0 Å². The van der Waals surface area contributed by atoms with Gasteiger partial charge in [-0.15, -0.1) is 0 Å². The number of nitrogens with zero attached hydrogens (tertiary/aromatic N) is 3. The number of rotatable bonds is 1. The molecule has 4 heteroatoms. The number of nitriles is 1. The molecule has 1 aromatic heterocycles. The van der Waals surface area contributed by atoms with Crippen molar-refractivity contribution in [3.8, 4) is 6.07 Å². The van der Waals surface area contributed by atoms with Crippen molar-refractivity contribution in [3.05, 3.63) is 23.9 Å². The first kappa shape index (κ1) is 8.97. The molecule has 1 aliphatic rings. The van der Waals surface area contributed by atoms with E-state index >= 15 is 0 Å². The second-order valence-corrected chi connectivity index (χ2v) is 3.51. The van der Waals surface area contributed by atoms with E-state index in [-0.39, 0.29) is 6.04 Å². The van der Waals surface area contributed by atoms with E-state index in [0.717, 1.165) is 25.3 Å². The van der Waals surface area contributed by atoms with E-state index in [1.807, 2.05) is 0 Å². The molecular weight excluding hydrogens is 176 g/mol. The van der Waals surface area contributed by atoms with Gasteiger partial charge in [0, 0.05) is 25.3 Å². The molecule has 0 aliphatic carbocycles. The molecule has 2 rings (SSSR count). The Kier molecular flexibility index (Phi) is 2.33. The molecule has 2 N–H and O–H groups in total. The number of aromatic nitrogens is 1. The van der Waals surface area contributed by atoms with Gasteiger partial charge in [-0.25, -0.2) is 4.98 Å². The fourth-order valence-corrected chi connectivity index (χ4v) is 1.66. The fraction of sp³-hybridized carbons (Fsp3) is 0.400. The first-order valence-electron chi connectivity index (χ1n) is 4.66. The average Bonchev–Trinajstić information content (AvgIpc) is 2.65. The van der Waals surface area contributed by atoms with E-state index in [9.17, 15) is 0 Å². The summed E-state index contributed by atoms with van der Waals surface area (Å²) in [6.07, 6.45) is 2.66. The lowest BCUT2D eigenvalue weighted by atomic mass is 10.3. The SMILES string of the molecule is N#Cc1ccnc(N2CCC(N)C2)c1. The molecule has 1 atom stereocenters. The predicted molar refractivity (Wildman–Crippen MR) is 53.8 cm³/mol. The summed E-state index contributed by atoms with van der Waals surface area (Å²) in [6, 6.07) is 5.85. The van der Waals surface area contributed by atoms with Crippen molar-refractivity contribution in [2.24, 2.45) is 5.73 Å². The molecule has 1 aromatic rings. The zero-order valence-electron chi connectivity index (χ0n) is 7.85. The van der Waals surface area contributed by atoms with Gasteiger partial charge in [0.2, 0.25) is 0 Å². The van der Waals surface area contributed by atoms with Gasteiger partial charge in [-0.2, -0.15) is 5.26 Å². The van der Waals surface area contributed by atoms with E-state index in [4.69, 9.17) is 11.0 Å². The molecule has 1 fully saturated rings. The van der Waals surface area contributed by atoms with Crippen molar-refractivity contribution in [1.82, 2.24) is 4.98 Å². The Hall–Kier alpha value is -1.60. The number of anilines is 1. The third kappa shape index (κ3) is 1.68. The summed E-state index contributed by atoms with van der Waals surface area (Å²) >= 11 is 0. The van der Waals surface area contributed by atoms with Gasteiger partial charge in [-0.1, -0.05) is 0 Å². The van der Waals surface area contributed by atoms with Crippen molar-refractivity contribution >= 4 is 5.82 Å². The first-order valence-corrected chi connectivity index (χ1v) is 4.66. The Morgan fingerprint density at radius 3 is 3.14 bits per heavy atom. The fourth-order valence-electron chi connectivity index (χ4n) is 1.66. The molecule has 72 valence electrons. The molecule has 4 nitrogen and oxygen atoms in total. The Balaban J connectivity index is 2.20. The van der Waals surface area contributed by atoms with E-state index in [0.29, 0.717) is 5.56 Å². The summed E-state index contributed by atoms with van der Waals surface area (Å²) in [5.41, 5.74) is 6.45. The Labute approximate surface area is 83.0 Å². The summed E-state index contributed by atoms with van der Waals surface area (Å²) in [4.78, 5) is 6.34. The predicted octanol–water partition coefficient (Wildman–Crippen LogP) is 0.491. The van der Waals surface area contributed by atoms with Crippen molar-refractivity contribution in [2.45, 2.75) is 12.5 Å². The quantitative estimate of drug-likeness (QED) is 0.696. The van der Waals surface area contributed by atoms with Crippen LogP contribution in [0.25, 0.3) is 0 Å². The summed E-state index contributed by atoms with van der Waals surface area (Å²) in [5, 5.41) is 8.74. The third-order valence-corrected chi connectivity index (χ3v) is 2.42. The maximum absolute atomic E-state index is 8.74. The second-order valence-electron chi connectivity index (χ2n) is 3.51. The molecule has 14 heavy (non-hydrogen) atoms. The average molecular weight is 188 g/mol. The third-order valence-electron chi connectivity index (χ3n) is 2.42. The molecular formula is C10H12N4. The number of nitrogens with two attached hydrogens (primary N) is 1. The molecule has 0 aromatic carbocycles. The van der Waals surface area contributed by atoms with Crippen LogP contribution >= 0.6 is 0 Å². The van der Waals surface area contributed by atoms with E-state index in [1.165, 1.54) is 0 Å². The molecule has 2 heterocycles.